The molecule has 3 nitrogen and oxygen atoms in total. The van der Waals surface area contributed by atoms with Crippen molar-refractivity contribution in [3.63, 3.8) is 0 Å². The number of fused-ring (bicyclic) bond motifs is 2. The normalized spacial score (nSPS) is 43.1. The first-order chi connectivity index (χ1) is 8.72. The van der Waals surface area contributed by atoms with Gasteiger partial charge < -0.3 is 10.6 Å². The first-order valence-corrected chi connectivity index (χ1v) is 7.75. The average Bonchev–Trinajstić information content (AvgIpc) is 2.94. The van der Waals surface area contributed by atoms with Gasteiger partial charge in [-0.05, 0) is 56.4 Å². The summed E-state index contributed by atoms with van der Waals surface area (Å²) in [7, 11) is 0. The third-order valence-electron chi connectivity index (χ3n) is 5.42. The van der Waals surface area contributed by atoms with Gasteiger partial charge in [0, 0.05) is 18.5 Å². The van der Waals surface area contributed by atoms with Crippen molar-refractivity contribution in [2.24, 2.45) is 17.8 Å². The van der Waals surface area contributed by atoms with Crippen molar-refractivity contribution in [1.29, 1.82) is 0 Å². The smallest absolute Gasteiger partial charge is 0.221 e. The molecule has 18 heavy (non-hydrogen) atoms. The minimum absolute atomic E-state index is 0.277. The zero-order valence-electron chi connectivity index (χ0n) is 11.5. The third-order valence-corrected chi connectivity index (χ3v) is 5.42. The molecule has 2 N–H and O–H groups in total. The Bertz CT molecular complexity index is 312. The molecule has 3 aliphatic rings. The van der Waals surface area contributed by atoms with E-state index < -0.39 is 0 Å². The van der Waals surface area contributed by atoms with E-state index in [1.165, 1.54) is 38.5 Å². The van der Waals surface area contributed by atoms with Crippen molar-refractivity contribution in [3.05, 3.63) is 0 Å². The van der Waals surface area contributed by atoms with Crippen LogP contribution in [0.5, 0.6) is 0 Å². The van der Waals surface area contributed by atoms with Gasteiger partial charge in [-0.15, -0.1) is 0 Å². The molecule has 2 bridgehead atoms. The molecule has 1 amide bonds. The molecule has 2 saturated carbocycles. The van der Waals surface area contributed by atoms with Gasteiger partial charge in [0.05, 0.1) is 0 Å². The van der Waals surface area contributed by atoms with Crippen LogP contribution < -0.4 is 10.6 Å². The van der Waals surface area contributed by atoms with Crippen molar-refractivity contribution < 1.29 is 4.79 Å². The predicted molar refractivity (Wildman–Crippen MR) is 72.2 cm³/mol. The van der Waals surface area contributed by atoms with Crippen LogP contribution in [0.4, 0.5) is 0 Å². The number of carbonyl (C=O) groups excluding carboxylic acids is 1. The highest BCUT2D eigenvalue weighted by Crippen LogP contribution is 2.44. The Morgan fingerprint density at radius 1 is 1.28 bits per heavy atom. The van der Waals surface area contributed by atoms with Gasteiger partial charge in [0.1, 0.15) is 0 Å². The van der Waals surface area contributed by atoms with Crippen LogP contribution in [0.15, 0.2) is 0 Å². The van der Waals surface area contributed by atoms with Crippen molar-refractivity contribution in [1.82, 2.24) is 10.6 Å². The number of hydrogen-bond donors (Lipinski definition) is 2. The molecule has 0 radical (unpaired) electrons. The molecule has 0 aromatic carbocycles. The second-order valence-corrected chi connectivity index (χ2v) is 6.73. The number of rotatable bonds is 3. The molecule has 1 heterocycles. The first-order valence-electron chi connectivity index (χ1n) is 7.75. The summed E-state index contributed by atoms with van der Waals surface area (Å²) in [5.41, 5.74) is 0. The number of hydrogen-bond acceptors (Lipinski definition) is 2. The summed E-state index contributed by atoms with van der Waals surface area (Å²) in [5, 5.41) is 6.80. The van der Waals surface area contributed by atoms with Gasteiger partial charge in [-0.3, -0.25) is 4.79 Å². The second kappa shape index (κ2) is 5.20. The van der Waals surface area contributed by atoms with Gasteiger partial charge in [-0.25, -0.2) is 0 Å². The maximum atomic E-state index is 12.1. The highest BCUT2D eigenvalue weighted by molar-refractivity contribution is 5.77. The molecule has 1 saturated heterocycles. The minimum atomic E-state index is 0.277. The van der Waals surface area contributed by atoms with E-state index in [0.29, 0.717) is 24.4 Å². The van der Waals surface area contributed by atoms with Crippen molar-refractivity contribution in [2.45, 2.75) is 64.0 Å². The van der Waals surface area contributed by atoms with Gasteiger partial charge in [0.2, 0.25) is 5.91 Å². The Balaban J connectivity index is 1.47. The molecule has 3 rings (SSSR count). The molecular formula is C15H26N2O. The van der Waals surface area contributed by atoms with E-state index in [9.17, 15) is 4.79 Å². The molecule has 0 aromatic heterocycles. The van der Waals surface area contributed by atoms with Crippen molar-refractivity contribution >= 4 is 5.91 Å². The lowest BCUT2D eigenvalue weighted by Crippen LogP contribution is -2.46. The lowest BCUT2D eigenvalue weighted by atomic mass is 9.90. The van der Waals surface area contributed by atoms with E-state index in [1.807, 2.05) is 0 Å². The maximum Gasteiger partial charge on any atom is 0.221 e. The summed E-state index contributed by atoms with van der Waals surface area (Å²) in [6, 6.07) is 0.896. The Morgan fingerprint density at radius 2 is 2.17 bits per heavy atom. The fraction of sp³-hybridized carbons (Fsp3) is 0.933. The van der Waals surface area contributed by atoms with Crippen LogP contribution in [0, 0.1) is 17.8 Å². The van der Waals surface area contributed by atoms with E-state index in [-0.39, 0.29) is 5.91 Å². The molecular weight excluding hydrogens is 224 g/mol. The summed E-state index contributed by atoms with van der Waals surface area (Å²) in [6.07, 6.45) is 8.54. The van der Waals surface area contributed by atoms with Gasteiger partial charge in [0.15, 0.2) is 0 Å². The molecule has 102 valence electrons. The predicted octanol–water partition coefficient (Wildman–Crippen LogP) is 2.07. The van der Waals surface area contributed by atoms with Crippen LogP contribution in [0.3, 0.4) is 0 Å². The van der Waals surface area contributed by atoms with Gasteiger partial charge in [-0.2, -0.15) is 0 Å². The molecule has 0 aromatic rings. The molecule has 2 aliphatic carbocycles. The average molecular weight is 250 g/mol. The number of carbonyl (C=O) groups is 1. The van der Waals surface area contributed by atoms with E-state index >= 15 is 0 Å². The largest absolute Gasteiger partial charge is 0.353 e. The molecule has 5 atom stereocenters. The lowest BCUT2D eigenvalue weighted by molar-refractivity contribution is -0.123. The van der Waals surface area contributed by atoms with Crippen LogP contribution in [-0.2, 0) is 4.79 Å². The topological polar surface area (TPSA) is 41.1 Å². The minimum Gasteiger partial charge on any atom is -0.353 e. The standard InChI is InChI=1S/C15H26N2O/c1-10-3-2-6-16-13(10)9-15(18)17-14-8-11-4-5-12(14)7-11/h10-14,16H,2-9H2,1H3,(H,17,18). The SMILES string of the molecule is CC1CCCNC1CC(=O)NC1CC2CCC1C2. The van der Waals surface area contributed by atoms with E-state index in [2.05, 4.69) is 17.6 Å². The molecule has 0 spiro atoms. The fourth-order valence-corrected chi connectivity index (χ4v) is 4.27. The summed E-state index contributed by atoms with van der Waals surface area (Å²) in [4.78, 5) is 12.1. The van der Waals surface area contributed by atoms with Crippen LogP contribution in [0.1, 0.15) is 51.9 Å². The molecule has 3 heteroatoms. The van der Waals surface area contributed by atoms with Crippen molar-refractivity contribution in [2.75, 3.05) is 6.54 Å². The van der Waals surface area contributed by atoms with Crippen LogP contribution in [-0.4, -0.2) is 24.5 Å². The zero-order valence-corrected chi connectivity index (χ0v) is 11.5. The van der Waals surface area contributed by atoms with E-state index in [4.69, 9.17) is 0 Å². The second-order valence-electron chi connectivity index (χ2n) is 6.73. The Hall–Kier alpha value is -0.570. The Morgan fingerprint density at radius 3 is 2.83 bits per heavy atom. The zero-order chi connectivity index (χ0) is 12.5. The van der Waals surface area contributed by atoms with Crippen LogP contribution in [0.2, 0.25) is 0 Å². The van der Waals surface area contributed by atoms with Crippen LogP contribution in [0.25, 0.3) is 0 Å². The summed E-state index contributed by atoms with van der Waals surface area (Å²) in [5.74, 6) is 2.62. The highest BCUT2D eigenvalue weighted by atomic mass is 16.1. The molecule has 3 fully saturated rings. The van der Waals surface area contributed by atoms with Gasteiger partial charge >= 0.3 is 0 Å². The lowest BCUT2D eigenvalue weighted by Gasteiger charge is -2.30. The number of amides is 1. The summed E-state index contributed by atoms with van der Waals surface area (Å²) >= 11 is 0. The highest BCUT2D eigenvalue weighted by Gasteiger charge is 2.40. The van der Waals surface area contributed by atoms with Gasteiger partial charge in [0.25, 0.3) is 0 Å². The first kappa shape index (κ1) is 12.5. The van der Waals surface area contributed by atoms with Crippen LogP contribution >= 0.6 is 0 Å². The Kier molecular flexibility index (Phi) is 3.60. The quantitative estimate of drug-likeness (QED) is 0.805. The molecule has 1 aliphatic heterocycles. The van der Waals surface area contributed by atoms with Crippen molar-refractivity contribution in [3.8, 4) is 0 Å². The number of nitrogens with one attached hydrogen (secondary N) is 2. The van der Waals surface area contributed by atoms with E-state index in [1.54, 1.807) is 0 Å². The third kappa shape index (κ3) is 2.56. The summed E-state index contributed by atoms with van der Waals surface area (Å²) in [6.45, 7) is 3.35. The summed E-state index contributed by atoms with van der Waals surface area (Å²) < 4.78 is 0. The Labute approximate surface area is 110 Å². The number of piperidine rings is 1. The monoisotopic (exact) mass is 250 g/mol. The molecule has 5 unspecified atom stereocenters. The fourth-order valence-electron chi connectivity index (χ4n) is 4.27. The van der Waals surface area contributed by atoms with E-state index in [0.717, 1.165) is 18.4 Å². The maximum absolute atomic E-state index is 12.1. The van der Waals surface area contributed by atoms with Gasteiger partial charge in [-0.1, -0.05) is 13.3 Å².